The molecular weight excluding hydrogens is 543 g/mol. The zero-order valence-corrected chi connectivity index (χ0v) is 23.2. The lowest BCUT2D eigenvalue weighted by Crippen LogP contribution is -2.21. The number of fused-ring (bicyclic) bond motifs is 2. The lowest BCUT2D eigenvalue weighted by Gasteiger charge is -2.08. The number of aromatic nitrogens is 6. The molecule has 4 N–H and O–H groups in total. The van der Waals surface area contributed by atoms with E-state index in [4.69, 9.17) is 4.98 Å². The van der Waals surface area contributed by atoms with Gasteiger partial charge in [-0.2, -0.15) is 5.10 Å². The number of nitrogens with one attached hydrogen (secondary N) is 4. The van der Waals surface area contributed by atoms with E-state index < -0.39 is 15.8 Å². The lowest BCUT2D eigenvalue weighted by molar-refractivity contribution is 0.586. The van der Waals surface area contributed by atoms with Gasteiger partial charge in [0.1, 0.15) is 17.0 Å². The smallest absolute Gasteiger partial charge is 0.209 e. The summed E-state index contributed by atoms with van der Waals surface area (Å²) in [7, 11) is -3.43. The summed E-state index contributed by atoms with van der Waals surface area (Å²) in [5.74, 6) is -0.473. The Balaban J connectivity index is 1.39. The first-order valence-electron chi connectivity index (χ1n) is 13.0. The van der Waals surface area contributed by atoms with Crippen LogP contribution in [0.25, 0.3) is 55.7 Å². The van der Waals surface area contributed by atoms with Crippen LogP contribution in [0.3, 0.4) is 0 Å². The van der Waals surface area contributed by atoms with Gasteiger partial charge in [-0.3, -0.25) is 15.1 Å². The SMILES string of the molecule is CCNCc1cncc(-c2ccc3[nH]nc(-c4cc5c(-c6cc(F)cc(CNS(C)(=O)=O)c6)cncc5[nH]4)c3n2)c1. The number of aromatic amines is 2. The Labute approximate surface area is 235 Å². The minimum Gasteiger partial charge on any atom is -0.352 e. The second kappa shape index (κ2) is 10.8. The predicted octanol–water partition coefficient (Wildman–Crippen LogP) is 4.53. The number of pyridine rings is 3. The largest absolute Gasteiger partial charge is 0.352 e. The van der Waals surface area contributed by atoms with Gasteiger partial charge in [0.25, 0.3) is 0 Å². The molecule has 0 unspecified atom stereocenters. The Morgan fingerprint density at radius 1 is 0.902 bits per heavy atom. The third-order valence-electron chi connectivity index (χ3n) is 6.69. The topological polar surface area (TPSA) is 141 Å². The molecule has 0 saturated carbocycles. The first kappa shape index (κ1) is 26.7. The van der Waals surface area contributed by atoms with Crippen molar-refractivity contribution in [2.75, 3.05) is 12.8 Å². The molecule has 0 radical (unpaired) electrons. The average molecular weight is 571 g/mol. The number of nitrogens with zero attached hydrogens (tertiary/aromatic N) is 4. The molecular formula is C29H27FN8O2S. The van der Waals surface area contributed by atoms with E-state index in [9.17, 15) is 12.8 Å². The van der Waals surface area contributed by atoms with Crippen LogP contribution in [0.5, 0.6) is 0 Å². The summed E-state index contributed by atoms with van der Waals surface area (Å²) < 4.78 is 40.1. The van der Waals surface area contributed by atoms with Crippen LogP contribution in [0.4, 0.5) is 4.39 Å². The van der Waals surface area contributed by atoms with Crippen molar-refractivity contribution in [3.8, 4) is 33.8 Å². The monoisotopic (exact) mass is 570 g/mol. The van der Waals surface area contributed by atoms with Gasteiger partial charge in [0, 0.05) is 48.2 Å². The summed E-state index contributed by atoms with van der Waals surface area (Å²) in [5, 5.41) is 11.7. The summed E-state index contributed by atoms with van der Waals surface area (Å²) in [6, 6.07) is 12.4. The second-order valence-corrected chi connectivity index (χ2v) is 11.6. The fraction of sp³-hybridized carbons (Fsp3) is 0.172. The van der Waals surface area contributed by atoms with Gasteiger partial charge in [0.15, 0.2) is 0 Å². The van der Waals surface area contributed by atoms with Crippen LogP contribution < -0.4 is 10.0 Å². The van der Waals surface area contributed by atoms with E-state index in [-0.39, 0.29) is 6.54 Å². The molecule has 10 nitrogen and oxygen atoms in total. The summed E-state index contributed by atoms with van der Waals surface area (Å²) >= 11 is 0. The fourth-order valence-electron chi connectivity index (χ4n) is 4.77. The van der Waals surface area contributed by atoms with Crippen LogP contribution in [0, 0.1) is 5.82 Å². The molecule has 0 bridgehead atoms. The summed E-state index contributed by atoms with van der Waals surface area (Å²) in [6.45, 7) is 3.63. The van der Waals surface area contributed by atoms with Gasteiger partial charge in [-0.15, -0.1) is 0 Å². The predicted molar refractivity (Wildman–Crippen MR) is 157 cm³/mol. The lowest BCUT2D eigenvalue weighted by atomic mass is 10.0. The summed E-state index contributed by atoms with van der Waals surface area (Å²) in [4.78, 5) is 17.0. The molecule has 0 fully saturated rings. The number of benzene rings is 1. The highest BCUT2D eigenvalue weighted by Crippen LogP contribution is 2.34. The molecule has 0 atom stereocenters. The van der Waals surface area contributed by atoms with Crippen LogP contribution in [0.15, 0.2) is 67.3 Å². The van der Waals surface area contributed by atoms with Gasteiger partial charge in [0.2, 0.25) is 10.0 Å². The maximum atomic E-state index is 14.6. The molecule has 0 amide bonds. The molecule has 6 rings (SSSR count). The van der Waals surface area contributed by atoms with Crippen molar-refractivity contribution in [1.29, 1.82) is 0 Å². The molecule has 0 aliphatic carbocycles. The van der Waals surface area contributed by atoms with E-state index >= 15 is 0 Å². The second-order valence-electron chi connectivity index (χ2n) is 9.80. The van der Waals surface area contributed by atoms with Crippen molar-refractivity contribution < 1.29 is 12.8 Å². The van der Waals surface area contributed by atoms with Gasteiger partial charge in [-0.1, -0.05) is 6.92 Å². The minimum absolute atomic E-state index is 0.0216. The molecule has 5 aromatic heterocycles. The highest BCUT2D eigenvalue weighted by molar-refractivity contribution is 7.88. The molecule has 0 spiro atoms. The van der Waals surface area contributed by atoms with Crippen molar-refractivity contribution >= 4 is 32.0 Å². The van der Waals surface area contributed by atoms with Gasteiger partial charge < -0.3 is 10.3 Å². The van der Waals surface area contributed by atoms with Gasteiger partial charge >= 0.3 is 0 Å². The number of hydrogen-bond donors (Lipinski definition) is 4. The number of rotatable bonds is 9. The molecule has 0 aliphatic rings. The highest BCUT2D eigenvalue weighted by Gasteiger charge is 2.17. The van der Waals surface area contributed by atoms with Crippen molar-refractivity contribution in [3.63, 3.8) is 0 Å². The van der Waals surface area contributed by atoms with Crippen LogP contribution >= 0.6 is 0 Å². The Kier molecular flexibility index (Phi) is 7.03. The van der Waals surface area contributed by atoms with Crippen molar-refractivity contribution in [3.05, 3.63) is 84.2 Å². The van der Waals surface area contributed by atoms with Crippen LogP contribution in [0.2, 0.25) is 0 Å². The molecule has 208 valence electrons. The van der Waals surface area contributed by atoms with Crippen molar-refractivity contribution in [2.45, 2.75) is 20.0 Å². The molecule has 41 heavy (non-hydrogen) atoms. The van der Waals surface area contributed by atoms with Gasteiger partial charge in [0.05, 0.1) is 34.9 Å². The molecule has 0 saturated heterocycles. The molecule has 5 heterocycles. The fourth-order valence-corrected chi connectivity index (χ4v) is 5.20. The quantitative estimate of drug-likeness (QED) is 0.200. The highest BCUT2D eigenvalue weighted by atomic mass is 32.2. The minimum atomic E-state index is -3.43. The van der Waals surface area contributed by atoms with Crippen LogP contribution in [-0.2, 0) is 23.1 Å². The maximum Gasteiger partial charge on any atom is 0.209 e. The third-order valence-corrected chi connectivity index (χ3v) is 7.35. The maximum absolute atomic E-state index is 14.6. The average Bonchev–Trinajstić information content (AvgIpc) is 3.58. The van der Waals surface area contributed by atoms with E-state index in [0.29, 0.717) is 27.9 Å². The van der Waals surface area contributed by atoms with E-state index in [0.717, 1.165) is 58.3 Å². The number of sulfonamides is 1. The van der Waals surface area contributed by atoms with E-state index in [2.05, 4.69) is 48.2 Å². The van der Waals surface area contributed by atoms with Crippen LogP contribution in [0.1, 0.15) is 18.1 Å². The zero-order valence-electron chi connectivity index (χ0n) is 22.4. The van der Waals surface area contributed by atoms with Crippen LogP contribution in [-0.4, -0.2) is 51.4 Å². The van der Waals surface area contributed by atoms with Crippen molar-refractivity contribution in [1.82, 2.24) is 40.2 Å². The summed E-state index contributed by atoms with van der Waals surface area (Å²) in [5.41, 5.74) is 8.11. The molecule has 12 heteroatoms. The van der Waals surface area contributed by atoms with E-state index in [1.54, 1.807) is 24.7 Å². The van der Waals surface area contributed by atoms with Gasteiger partial charge in [-0.05, 0) is 65.7 Å². The Bertz CT molecular complexity index is 2000. The molecule has 1 aromatic carbocycles. The third kappa shape index (κ3) is 5.71. The van der Waals surface area contributed by atoms with E-state index in [1.165, 1.54) is 12.1 Å². The van der Waals surface area contributed by atoms with E-state index in [1.807, 2.05) is 24.4 Å². The Hall–Kier alpha value is -4.52. The number of hydrogen-bond acceptors (Lipinski definition) is 7. The molecule has 6 aromatic rings. The summed E-state index contributed by atoms with van der Waals surface area (Å²) in [6.07, 6.45) is 8.06. The van der Waals surface area contributed by atoms with Crippen molar-refractivity contribution in [2.24, 2.45) is 0 Å². The first-order chi connectivity index (χ1) is 19.8. The first-order valence-corrected chi connectivity index (χ1v) is 14.9. The molecule has 0 aliphatic heterocycles. The normalized spacial score (nSPS) is 12.0. The van der Waals surface area contributed by atoms with Gasteiger partial charge in [-0.25, -0.2) is 22.5 Å². The zero-order chi connectivity index (χ0) is 28.6. The Morgan fingerprint density at radius 2 is 1.73 bits per heavy atom. The Morgan fingerprint density at radius 3 is 2.56 bits per heavy atom. The standard InChI is InChI=1S/C29H27FN8O2S/c1-3-31-11-18-7-20(14-32-12-18)24-4-5-25-28(36-24)29(38-37-25)26-10-22-23(15-33-16-27(22)35-26)19-6-17(8-21(30)9-19)13-34-41(2,39)40/h4-10,12,14-16,31,34-35H,3,11,13H2,1-2H3,(H,37,38). The number of H-pyrrole nitrogens is 2. The number of halogens is 1.